The molecule has 6 nitrogen and oxygen atoms in total. The topological polar surface area (TPSA) is 70.7 Å². The van der Waals surface area contributed by atoms with Crippen molar-refractivity contribution < 1.29 is 18.7 Å². The minimum Gasteiger partial charge on any atom is -0.497 e. The maximum Gasteiger partial charge on any atom is 0.336 e. The van der Waals surface area contributed by atoms with Crippen LogP contribution in [-0.2, 0) is 13.5 Å². The van der Waals surface area contributed by atoms with E-state index in [-0.39, 0.29) is 12.4 Å². The monoisotopic (exact) mass is 453 g/mol. The van der Waals surface area contributed by atoms with Crippen molar-refractivity contribution in [3.63, 3.8) is 0 Å². The highest BCUT2D eigenvalue weighted by molar-refractivity contribution is 6.32. The number of nitrogens with zero attached hydrogens (tertiary/aromatic N) is 1. The molecule has 0 bridgehead atoms. The Kier molecular flexibility index (Phi) is 5.98. The van der Waals surface area contributed by atoms with Crippen LogP contribution in [0.15, 0.2) is 45.6 Å². The van der Waals surface area contributed by atoms with Crippen molar-refractivity contribution in [2.24, 2.45) is 7.05 Å². The molecular formula is C25H24ClNO5. The lowest BCUT2D eigenvalue weighted by atomic mass is 10.1. The molecule has 4 rings (SSSR count). The van der Waals surface area contributed by atoms with Gasteiger partial charge in [-0.25, -0.2) is 4.79 Å². The van der Waals surface area contributed by atoms with Gasteiger partial charge in [0.2, 0.25) is 5.78 Å². The zero-order valence-corrected chi connectivity index (χ0v) is 19.2. The molecule has 2 heterocycles. The fourth-order valence-electron chi connectivity index (χ4n) is 4.06. The molecule has 0 amide bonds. The molecule has 4 aromatic rings. The lowest BCUT2D eigenvalue weighted by Crippen LogP contribution is -2.13. The number of aromatic nitrogens is 1. The van der Waals surface area contributed by atoms with Gasteiger partial charge in [0.1, 0.15) is 17.1 Å². The first kappa shape index (κ1) is 22.0. The van der Waals surface area contributed by atoms with E-state index in [0.717, 1.165) is 40.4 Å². The second-order valence-corrected chi connectivity index (χ2v) is 8.14. The molecule has 0 saturated carbocycles. The molecule has 7 heteroatoms. The van der Waals surface area contributed by atoms with Crippen LogP contribution in [0.2, 0.25) is 5.02 Å². The molecule has 0 saturated heterocycles. The van der Waals surface area contributed by atoms with E-state index in [1.54, 1.807) is 19.2 Å². The van der Waals surface area contributed by atoms with Crippen LogP contribution in [0.4, 0.5) is 0 Å². The van der Waals surface area contributed by atoms with E-state index < -0.39 is 5.63 Å². The van der Waals surface area contributed by atoms with Crippen molar-refractivity contribution in [3.8, 4) is 11.5 Å². The Bertz CT molecular complexity index is 1400. The first-order chi connectivity index (χ1) is 15.3. The average Bonchev–Trinajstić information content (AvgIpc) is 3.02. The molecule has 2 aromatic carbocycles. The summed E-state index contributed by atoms with van der Waals surface area (Å²) in [5, 5.41) is 1.93. The van der Waals surface area contributed by atoms with Gasteiger partial charge in [-0.3, -0.25) is 4.79 Å². The number of ketones is 1. The van der Waals surface area contributed by atoms with E-state index in [4.69, 9.17) is 25.5 Å². The van der Waals surface area contributed by atoms with Crippen molar-refractivity contribution in [1.29, 1.82) is 0 Å². The third kappa shape index (κ3) is 3.86. The molecule has 0 fully saturated rings. The zero-order valence-electron chi connectivity index (χ0n) is 18.5. The third-order valence-corrected chi connectivity index (χ3v) is 6.03. The predicted molar refractivity (Wildman–Crippen MR) is 126 cm³/mol. The number of ether oxygens (including phenoxy) is 2. The molecular weight excluding hydrogens is 430 g/mol. The smallest absolute Gasteiger partial charge is 0.336 e. The quantitative estimate of drug-likeness (QED) is 0.274. The Morgan fingerprint density at radius 1 is 1.16 bits per heavy atom. The van der Waals surface area contributed by atoms with Crippen molar-refractivity contribution in [2.75, 3.05) is 13.7 Å². The maximum absolute atomic E-state index is 13.1. The van der Waals surface area contributed by atoms with Gasteiger partial charge in [-0.05, 0) is 43.2 Å². The Balaban J connectivity index is 1.67. The summed E-state index contributed by atoms with van der Waals surface area (Å²) in [5.74, 6) is 0.784. The average molecular weight is 454 g/mol. The van der Waals surface area contributed by atoms with Gasteiger partial charge in [0.25, 0.3) is 0 Å². The number of carbonyl (C=O) groups excluding carboxylic acids is 1. The minimum absolute atomic E-state index is 0.182. The van der Waals surface area contributed by atoms with E-state index in [9.17, 15) is 9.59 Å². The van der Waals surface area contributed by atoms with Gasteiger partial charge in [0.05, 0.1) is 12.1 Å². The van der Waals surface area contributed by atoms with E-state index in [1.165, 1.54) is 6.07 Å². The van der Waals surface area contributed by atoms with Crippen molar-refractivity contribution >= 4 is 39.3 Å². The SMILES string of the molecule is CCCc1cc(=O)oc2cc(OCC(=O)c3c(C)n(C)c4ccc(OC)cc34)c(Cl)cc12. The zero-order chi connectivity index (χ0) is 23.0. The maximum atomic E-state index is 13.1. The van der Waals surface area contributed by atoms with Gasteiger partial charge in [0, 0.05) is 46.7 Å². The van der Waals surface area contributed by atoms with Crippen LogP contribution in [0.3, 0.4) is 0 Å². The summed E-state index contributed by atoms with van der Waals surface area (Å²) in [6.07, 6.45) is 1.62. The highest BCUT2D eigenvalue weighted by Gasteiger charge is 2.20. The lowest BCUT2D eigenvalue weighted by molar-refractivity contribution is 0.0922. The first-order valence-electron chi connectivity index (χ1n) is 10.4. The van der Waals surface area contributed by atoms with E-state index in [1.807, 2.05) is 43.7 Å². The summed E-state index contributed by atoms with van der Waals surface area (Å²) in [7, 11) is 3.51. The number of halogens is 1. The van der Waals surface area contributed by atoms with Crippen LogP contribution in [0, 0.1) is 6.92 Å². The van der Waals surface area contributed by atoms with Crippen molar-refractivity contribution in [3.05, 3.63) is 68.7 Å². The van der Waals surface area contributed by atoms with E-state index >= 15 is 0 Å². The summed E-state index contributed by atoms with van der Waals surface area (Å²) >= 11 is 6.44. The Hall–Kier alpha value is -3.25. The largest absolute Gasteiger partial charge is 0.497 e. The number of fused-ring (bicyclic) bond motifs is 2. The minimum atomic E-state index is -0.425. The van der Waals surface area contributed by atoms with Gasteiger partial charge < -0.3 is 18.5 Å². The summed E-state index contributed by atoms with van der Waals surface area (Å²) in [6.45, 7) is 3.73. The van der Waals surface area contributed by atoms with Crippen LogP contribution in [0.25, 0.3) is 21.9 Å². The molecule has 2 aromatic heterocycles. The normalized spacial score (nSPS) is 11.3. The van der Waals surface area contributed by atoms with Crippen LogP contribution in [0.1, 0.15) is 35.0 Å². The molecule has 0 atom stereocenters. The number of hydrogen-bond acceptors (Lipinski definition) is 5. The summed E-state index contributed by atoms with van der Waals surface area (Å²) in [6, 6.07) is 10.4. The predicted octanol–water partition coefficient (Wildman–Crippen LogP) is 5.47. The molecule has 0 spiro atoms. The highest BCUT2D eigenvalue weighted by atomic mass is 35.5. The number of aryl methyl sites for hydroxylation is 2. The highest BCUT2D eigenvalue weighted by Crippen LogP contribution is 2.33. The first-order valence-corrected chi connectivity index (χ1v) is 10.8. The number of methoxy groups -OCH3 is 1. The van der Waals surface area contributed by atoms with Gasteiger partial charge in [0.15, 0.2) is 6.61 Å². The molecule has 0 unspecified atom stereocenters. The van der Waals surface area contributed by atoms with Crippen LogP contribution < -0.4 is 15.1 Å². The van der Waals surface area contributed by atoms with Crippen molar-refractivity contribution in [2.45, 2.75) is 26.7 Å². The number of benzene rings is 2. The molecule has 166 valence electrons. The second-order valence-electron chi connectivity index (χ2n) is 7.73. The number of rotatable bonds is 7. The Morgan fingerprint density at radius 3 is 2.66 bits per heavy atom. The molecule has 0 aliphatic heterocycles. The Labute approximate surface area is 190 Å². The van der Waals surface area contributed by atoms with Crippen molar-refractivity contribution in [1.82, 2.24) is 4.57 Å². The fraction of sp³-hybridized carbons (Fsp3) is 0.280. The van der Waals surface area contributed by atoms with E-state index in [0.29, 0.717) is 27.7 Å². The van der Waals surface area contributed by atoms with Crippen LogP contribution in [0.5, 0.6) is 11.5 Å². The fourth-order valence-corrected chi connectivity index (χ4v) is 4.28. The molecule has 0 aliphatic carbocycles. The van der Waals surface area contributed by atoms with Gasteiger partial charge in [-0.15, -0.1) is 0 Å². The second kappa shape index (κ2) is 8.71. The summed E-state index contributed by atoms with van der Waals surface area (Å²) in [4.78, 5) is 25.1. The van der Waals surface area contributed by atoms with Crippen LogP contribution in [-0.4, -0.2) is 24.1 Å². The lowest BCUT2D eigenvalue weighted by Gasteiger charge is -2.11. The molecule has 0 N–H and O–H groups in total. The number of Topliss-reactive ketones (excluding diaryl/α,β-unsaturated/α-hetero) is 1. The molecule has 32 heavy (non-hydrogen) atoms. The van der Waals surface area contributed by atoms with Crippen LogP contribution >= 0.6 is 11.6 Å². The Morgan fingerprint density at radius 2 is 1.94 bits per heavy atom. The summed E-state index contributed by atoms with van der Waals surface area (Å²) in [5.41, 5.74) is 3.19. The van der Waals surface area contributed by atoms with E-state index in [2.05, 4.69) is 0 Å². The molecule has 0 aliphatic rings. The summed E-state index contributed by atoms with van der Waals surface area (Å²) < 4.78 is 18.4. The van der Waals surface area contributed by atoms with Gasteiger partial charge >= 0.3 is 5.63 Å². The number of carbonyl (C=O) groups is 1. The number of hydrogen-bond donors (Lipinski definition) is 0. The third-order valence-electron chi connectivity index (χ3n) is 5.74. The van der Waals surface area contributed by atoms with Gasteiger partial charge in [-0.1, -0.05) is 24.9 Å². The molecule has 0 radical (unpaired) electrons. The van der Waals surface area contributed by atoms with Gasteiger partial charge in [-0.2, -0.15) is 0 Å². The standard InChI is InChI=1S/C25H24ClNO5/c1-5-6-15-9-24(29)32-22-12-23(19(26)11-17(15)22)31-13-21(28)25-14(2)27(3)20-8-7-16(30-4)10-18(20)25/h7-12H,5-6,13H2,1-4H3.